The van der Waals surface area contributed by atoms with E-state index in [-0.39, 0.29) is 32.3 Å². The van der Waals surface area contributed by atoms with Crippen LogP contribution in [0.25, 0.3) is 10.4 Å². The number of aromatic nitrogens is 2. The molecule has 0 bridgehead atoms. The minimum absolute atomic E-state index is 0.114. The number of aromatic amines is 1. The van der Waals surface area contributed by atoms with Crippen LogP contribution < -0.4 is 16.3 Å². The van der Waals surface area contributed by atoms with Gasteiger partial charge in [-0.05, 0) is 45.0 Å². The van der Waals surface area contributed by atoms with Crippen LogP contribution in [0.4, 0.5) is 0 Å². The Balaban J connectivity index is 2.15. The quantitative estimate of drug-likeness (QED) is 0.154. The molecule has 1 saturated heterocycles. The van der Waals surface area contributed by atoms with Crippen molar-refractivity contribution in [1.82, 2.24) is 14.6 Å². The Labute approximate surface area is 189 Å². The van der Waals surface area contributed by atoms with E-state index in [0.717, 1.165) is 0 Å². The molecule has 1 aromatic heterocycles. The van der Waals surface area contributed by atoms with Crippen LogP contribution >= 0.6 is 6.64 Å². The molecule has 13 nitrogen and oxygen atoms in total. The molecule has 1 fully saturated rings. The lowest BCUT2D eigenvalue weighted by molar-refractivity contribution is -0.141. The van der Waals surface area contributed by atoms with E-state index in [0.29, 0.717) is 5.56 Å². The molecular formula is C17H27N6O7PS. The standard InChI is InChI=1S/C17H27N6O7PS/c1-5-27-15(24)7-19-31(32,30-10(2)3)28-9-13-12(21-22-18)6-14(29-13)23-8-11(4)16(25)20-17(23)26/h8,10,12-14H,5-7,9H2,1-4H3,(H,19,32)(H,20,25,26)/t12-,13+,14+,31?/m0/s1. The van der Waals surface area contributed by atoms with Gasteiger partial charge in [-0.2, -0.15) is 0 Å². The maximum atomic E-state index is 12.2. The molecule has 1 unspecified atom stereocenters. The summed E-state index contributed by atoms with van der Waals surface area (Å²) in [6.45, 7) is 3.59. The number of aryl methyl sites for hydroxylation is 1. The molecule has 1 aliphatic rings. The Kier molecular flexibility index (Phi) is 9.59. The first-order valence-corrected chi connectivity index (χ1v) is 12.6. The molecule has 2 rings (SSSR count). The number of nitrogens with zero attached hydrogens (tertiary/aromatic N) is 4. The van der Waals surface area contributed by atoms with Gasteiger partial charge in [0, 0.05) is 23.1 Å². The number of H-pyrrole nitrogens is 1. The second-order valence-electron chi connectivity index (χ2n) is 7.20. The van der Waals surface area contributed by atoms with Crippen LogP contribution in [0.5, 0.6) is 0 Å². The zero-order valence-corrected chi connectivity index (χ0v) is 19.9. The minimum atomic E-state index is -3.11. The highest BCUT2D eigenvalue weighted by Gasteiger charge is 2.38. The van der Waals surface area contributed by atoms with Gasteiger partial charge in [-0.1, -0.05) is 5.11 Å². The van der Waals surface area contributed by atoms with Gasteiger partial charge in [0.2, 0.25) is 0 Å². The lowest BCUT2D eigenvalue weighted by Gasteiger charge is -2.26. The average Bonchev–Trinajstić information content (AvgIpc) is 3.10. The smallest absolute Gasteiger partial charge is 0.330 e. The Morgan fingerprint density at radius 3 is 2.88 bits per heavy atom. The molecule has 0 aromatic carbocycles. The van der Waals surface area contributed by atoms with Crippen molar-refractivity contribution in [2.45, 2.75) is 58.6 Å². The van der Waals surface area contributed by atoms with Crippen LogP contribution in [0.1, 0.15) is 39.0 Å². The van der Waals surface area contributed by atoms with Crippen LogP contribution in [-0.4, -0.2) is 53.5 Å². The molecule has 0 radical (unpaired) electrons. The number of nitrogens with one attached hydrogen (secondary N) is 2. The second-order valence-corrected chi connectivity index (χ2v) is 10.4. The van der Waals surface area contributed by atoms with Gasteiger partial charge in [0.15, 0.2) is 0 Å². The van der Waals surface area contributed by atoms with Gasteiger partial charge < -0.3 is 18.5 Å². The van der Waals surface area contributed by atoms with Crippen LogP contribution in [0.2, 0.25) is 0 Å². The number of ether oxygens (including phenoxy) is 2. The van der Waals surface area contributed by atoms with E-state index in [4.69, 9.17) is 35.9 Å². The Morgan fingerprint density at radius 2 is 2.25 bits per heavy atom. The highest BCUT2D eigenvalue weighted by molar-refractivity contribution is 8.09. The van der Waals surface area contributed by atoms with E-state index in [1.807, 2.05) is 0 Å². The van der Waals surface area contributed by atoms with Crippen molar-refractivity contribution in [2.75, 3.05) is 19.8 Å². The van der Waals surface area contributed by atoms with Crippen molar-refractivity contribution in [3.05, 3.63) is 43.0 Å². The summed E-state index contributed by atoms with van der Waals surface area (Å²) in [7, 11) is 0. The van der Waals surface area contributed by atoms with Crippen LogP contribution in [-0.2, 0) is 35.1 Å². The molecule has 0 aliphatic carbocycles. The summed E-state index contributed by atoms with van der Waals surface area (Å²) in [4.78, 5) is 40.6. The van der Waals surface area contributed by atoms with Crippen LogP contribution in [0, 0.1) is 6.92 Å². The minimum Gasteiger partial charge on any atom is -0.465 e. The normalized spacial score (nSPS) is 22.3. The summed E-state index contributed by atoms with van der Waals surface area (Å²) in [5.41, 5.74) is 8.12. The van der Waals surface area contributed by atoms with Gasteiger partial charge in [-0.25, -0.2) is 9.88 Å². The Bertz CT molecular complexity index is 1020. The Hall–Kier alpha value is -2.05. The first kappa shape index (κ1) is 26.2. The summed E-state index contributed by atoms with van der Waals surface area (Å²) in [6.07, 6.45) is -0.234. The predicted molar refractivity (Wildman–Crippen MR) is 119 cm³/mol. The maximum Gasteiger partial charge on any atom is 0.330 e. The van der Waals surface area contributed by atoms with Crippen molar-refractivity contribution in [3.8, 4) is 0 Å². The third-order valence-electron chi connectivity index (χ3n) is 4.34. The lowest BCUT2D eigenvalue weighted by Crippen LogP contribution is -2.33. The number of azide groups is 1. The molecule has 0 saturated carbocycles. The van der Waals surface area contributed by atoms with Gasteiger partial charge in [0.25, 0.3) is 12.2 Å². The first-order chi connectivity index (χ1) is 15.1. The van der Waals surface area contributed by atoms with Gasteiger partial charge in [0.1, 0.15) is 12.8 Å². The summed E-state index contributed by atoms with van der Waals surface area (Å²) >= 11 is 5.49. The highest BCUT2D eigenvalue weighted by Crippen LogP contribution is 2.46. The van der Waals surface area contributed by atoms with Crippen molar-refractivity contribution in [2.24, 2.45) is 5.11 Å². The van der Waals surface area contributed by atoms with Crippen LogP contribution in [0.15, 0.2) is 20.9 Å². The molecular weight excluding hydrogens is 463 g/mol. The van der Waals surface area contributed by atoms with E-state index < -0.39 is 42.2 Å². The number of carbonyl (C=O) groups excluding carboxylic acids is 1. The van der Waals surface area contributed by atoms with E-state index in [1.165, 1.54) is 10.8 Å². The fraction of sp³-hybridized carbons (Fsp3) is 0.706. The number of rotatable bonds is 11. The molecule has 2 heterocycles. The fourth-order valence-electron chi connectivity index (χ4n) is 2.96. The van der Waals surface area contributed by atoms with Gasteiger partial charge in [0.05, 0.1) is 31.5 Å². The molecule has 0 spiro atoms. The molecule has 32 heavy (non-hydrogen) atoms. The summed E-state index contributed by atoms with van der Waals surface area (Å²) < 4.78 is 23.5. The van der Waals surface area contributed by atoms with Crippen molar-refractivity contribution < 1.29 is 23.3 Å². The molecule has 1 aliphatic heterocycles. The zero-order valence-electron chi connectivity index (χ0n) is 18.2. The van der Waals surface area contributed by atoms with Crippen molar-refractivity contribution in [3.63, 3.8) is 0 Å². The average molecular weight is 490 g/mol. The predicted octanol–water partition coefficient (Wildman–Crippen LogP) is 1.63. The number of hydrogen-bond acceptors (Lipinski definition) is 9. The monoisotopic (exact) mass is 490 g/mol. The first-order valence-electron chi connectivity index (χ1n) is 9.94. The van der Waals surface area contributed by atoms with Gasteiger partial charge in [-0.3, -0.25) is 19.1 Å². The van der Waals surface area contributed by atoms with Gasteiger partial charge >= 0.3 is 11.7 Å². The number of esters is 1. The summed E-state index contributed by atoms with van der Waals surface area (Å²) in [5.74, 6) is -0.505. The number of carbonyl (C=O) groups is 1. The number of hydrogen-bond donors (Lipinski definition) is 2. The van der Waals surface area contributed by atoms with E-state index in [9.17, 15) is 14.4 Å². The molecule has 1 aromatic rings. The van der Waals surface area contributed by atoms with Crippen molar-refractivity contribution >= 4 is 24.4 Å². The third kappa shape index (κ3) is 7.24. The molecule has 4 atom stereocenters. The SMILES string of the molecule is CCOC(=O)CNP(=S)(OC[C@H]1O[C@@H](n2cc(C)c(=O)[nH]c2=O)C[C@@H]1N=[N+]=[N-])OC(C)C. The van der Waals surface area contributed by atoms with Gasteiger partial charge in [-0.15, -0.1) is 0 Å². The highest BCUT2D eigenvalue weighted by atomic mass is 32.5. The lowest BCUT2D eigenvalue weighted by atomic mass is 10.1. The topological polar surface area (TPSA) is 170 Å². The molecule has 2 N–H and O–H groups in total. The maximum absolute atomic E-state index is 12.2. The van der Waals surface area contributed by atoms with Crippen LogP contribution in [0.3, 0.4) is 0 Å². The molecule has 15 heteroatoms. The largest absolute Gasteiger partial charge is 0.465 e. The summed E-state index contributed by atoms with van der Waals surface area (Å²) in [6, 6.07) is -0.656. The van der Waals surface area contributed by atoms with E-state index in [1.54, 1.807) is 27.7 Å². The van der Waals surface area contributed by atoms with E-state index in [2.05, 4.69) is 20.1 Å². The van der Waals surface area contributed by atoms with E-state index >= 15 is 0 Å². The van der Waals surface area contributed by atoms with Crippen molar-refractivity contribution in [1.29, 1.82) is 0 Å². The third-order valence-corrected chi connectivity index (χ3v) is 7.04. The second kappa shape index (κ2) is 11.7. The zero-order chi connectivity index (χ0) is 23.9. The molecule has 178 valence electrons. The Morgan fingerprint density at radius 1 is 1.53 bits per heavy atom. The summed E-state index contributed by atoms with van der Waals surface area (Å²) in [5, 5.41) is 6.54. The molecule has 0 amide bonds. The fourth-order valence-corrected chi connectivity index (χ4v) is 5.30.